The molecule has 0 aliphatic heterocycles. The summed E-state index contributed by atoms with van der Waals surface area (Å²) in [5.41, 5.74) is 0. The van der Waals surface area contributed by atoms with Gasteiger partial charge in [0.2, 0.25) is 0 Å². The van der Waals surface area contributed by atoms with E-state index in [-0.39, 0.29) is 18.8 Å². The zero-order valence-electron chi connectivity index (χ0n) is 10.9. The monoisotopic (exact) mass is 250 g/mol. The average Bonchev–Trinajstić information content (AvgIpc) is 2.27. The van der Waals surface area contributed by atoms with Crippen LogP contribution in [0.25, 0.3) is 0 Å². The molecule has 0 rings (SSSR count). The van der Waals surface area contributed by atoms with E-state index < -0.39 is 6.16 Å². The first-order valence-electron chi connectivity index (χ1n) is 5.53. The number of rotatable bonds is 9. The van der Waals surface area contributed by atoms with Gasteiger partial charge in [0.05, 0.1) is 25.9 Å². The van der Waals surface area contributed by atoms with Crippen LogP contribution in [0.4, 0.5) is 4.79 Å². The number of carbonyl (C=O) groups is 1. The Morgan fingerprint density at radius 1 is 1.00 bits per heavy atom. The molecule has 102 valence electrons. The Hall–Kier alpha value is -0.850. The van der Waals surface area contributed by atoms with Gasteiger partial charge < -0.3 is 23.7 Å². The highest BCUT2D eigenvalue weighted by atomic mass is 16.7. The fraction of sp³-hybridized carbons (Fsp3) is 0.909. The molecule has 17 heavy (non-hydrogen) atoms. The van der Waals surface area contributed by atoms with E-state index in [0.717, 1.165) is 0 Å². The molecule has 6 nitrogen and oxygen atoms in total. The van der Waals surface area contributed by atoms with E-state index in [2.05, 4.69) is 0 Å². The lowest BCUT2D eigenvalue weighted by molar-refractivity contribution is -0.0373. The third-order valence-corrected chi connectivity index (χ3v) is 1.82. The second-order valence-electron chi connectivity index (χ2n) is 3.62. The summed E-state index contributed by atoms with van der Waals surface area (Å²) < 4.78 is 24.7. The molecule has 0 spiro atoms. The average molecular weight is 250 g/mol. The summed E-state index contributed by atoms with van der Waals surface area (Å²) in [5.74, 6) is 0. The Balaban J connectivity index is 3.54. The lowest BCUT2D eigenvalue weighted by atomic mass is 10.4. The van der Waals surface area contributed by atoms with Crippen LogP contribution in [0.15, 0.2) is 0 Å². The number of hydrogen-bond donors (Lipinski definition) is 0. The van der Waals surface area contributed by atoms with Crippen molar-refractivity contribution in [2.75, 3.05) is 40.6 Å². The maximum absolute atomic E-state index is 11.2. The molecule has 0 aromatic carbocycles. The van der Waals surface area contributed by atoms with Gasteiger partial charge >= 0.3 is 6.16 Å². The molecule has 0 aromatic rings. The Labute approximate surface area is 102 Å². The van der Waals surface area contributed by atoms with E-state index >= 15 is 0 Å². The van der Waals surface area contributed by atoms with E-state index in [0.29, 0.717) is 19.8 Å². The van der Waals surface area contributed by atoms with Gasteiger partial charge in [-0.25, -0.2) is 4.79 Å². The summed E-state index contributed by atoms with van der Waals surface area (Å²) in [6.07, 6.45) is -1.22. The molecule has 0 radical (unpaired) electrons. The molecule has 0 aliphatic carbocycles. The summed E-state index contributed by atoms with van der Waals surface area (Å²) in [7, 11) is 3.13. The van der Waals surface area contributed by atoms with Crippen LogP contribution in [0.2, 0.25) is 0 Å². The van der Waals surface area contributed by atoms with Crippen molar-refractivity contribution >= 4 is 6.16 Å². The number of methoxy groups -OCH3 is 2. The Kier molecular flexibility index (Phi) is 9.80. The van der Waals surface area contributed by atoms with Crippen LogP contribution in [-0.4, -0.2) is 59.0 Å². The third-order valence-electron chi connectivity index (χ3n) is 1.82. The van der Waals surface area contributed by atoms with Crippen LogP contribution in [0, 0.1) is 0 Å². The second-order valence-corrected chi connectivity index (χ2v) is 3.62. The first-order chi connectivity index (χ1) is 8.10. The van der Waals surface area contributed by atoms with E-state index in [1.54, 1.807) is 14.0 Å². The van der Waals surface area contributed by atoms with Crippen molar-refractivity contribution in [1.29, 1.82) is 0 Å². The van der Waals surface area contributed by atoms with Gasteiger partial charge in [0.25, 0.3) is 0 Å². The summed E-state index contributed by atoms with van der Waals surface area (Å²) in [6.45, 7) is 5.01. The van der Waals surface area contributed by atoms with E-state index in [9.17, 15) is 4.79 Å². The minimum atomic E-state index is -0.711. The van der Waals surface area contributed by atoms with Crippen molar-refractivity contribution in [3.63, 3.8) is 0 Å². The van der Waals surface area contributed by atoms with Crippen molar-refractivity contribution in [1.82, 2.24) is 0 Å². The fourth-order valence-electron chi connectivity index (χ4n) is 1.03. The predicted octanol–water partition coefficient (Wildman–Crippen LogP) is 1.23. The predicted molar refractivity (Wildman–Crippen MR) is 61.1 cm³/mol. The van der Waals surface area contributed by atoms with Gasteiger partial charge in [0, 0.05) is 14.2 Å². The van der Waals surface area contributed by atoms with E-state index in [1.165, 1.54) is 7.11 Å². The highest BCUT2D eigenvalue weighted by Gasteiger charge is 2.12. The Morgan fingerprint density at radius 3 is 2.29 bits per heavy atom. The molecular weight excluding hydrogens is 228 g/mol. The highest BCUT2D eigenvalue weighted by Crippen LogP contribution is 1.98. The Bertz CT molecular complexity index is 196. The lowest BCUT2D eigenvalue weighted by Crippen LogP contribution is -2.24. The smallest absolute Gasteiger partial charge is 0.432 e. The summed E-state index contributed by atoms with van der Waals surface area (Å²) in [6, 6.07) is 0. The van der Waals surface area contributed by atoms with Crippen molar-refractivity contribution in [2.45, 2.75) is 26.1 Å². The molecule has 0 bridgehead atoms. The van der Waals surface area contributed by atoms with Gasteiger partial charge in [-0.2, -0.15) is 0 Å². The summed E-state index contributed by atoms with van der Waals surface area (Å²) in [4.78, 5) is 11.2. The standard InChI is InChI=1S/C11H22O6/c1-9(15-6-5-13-3)8-16-11(12)17-10(2)7-14-4/h9-10H,5-8H2,1-4H3. The molecule has 2 atom stereocenters. The zero-order chi connectivity index (χ0) is 13.1. The summed E-state index contributed by atoms with van der Waals surface area (Å²) in [5, 5.41) is 0. The van der Waals surface area contributed by atoms with Gasteiger partial charge in [-0.05, 0) is 13.8 Å². The quantitative estimate of drug-likeness (QED) is 0.453. The van der Waals surface area contributed by atoms with E-state index in [1.807, 2.05) is 6.92 Å². The second kappa shape index (κ2) is 10.3. The number of carbonyl (C=O) groups excluding carboxylic acids is 1. The van der Waals surface area contributed by atoms with E-state index in [4.69, 9.17) is 23.7 Å². The SMILES string of the molecule is COCCOC(C)COC(=O)OC(C)COC. The van der Waals surface area contributed by atoms with Crippen LogP contribution in [0.3, 0.4) is 0 Å². The molecule has 0 N–H and O–H groups in total. The third kappa shape index (κ3) is 10.0. The van der Waals surface area contributed by atoms with Gasteiger partial charge in [0.1, 0.15) is 12.7 Å². The molecular formula is C11H22O6. The van der Waals surface area contributed by atoms with Gasteiger partial charge in [-0.15, -0.1) is 0 Å². The lowest BCUT2D eigenvalue weighted by Gasteiger charge is -2.15. The molecule has 2 unspecified atom stereocenters. The van der Waals surface area contributed by atoms with Crippen LogP contribution in [0.5, 0.6) is 0 Å². The van der Waals surface area contributed by atoms with Crippen molar-refractivity contribution in [2.24, 2.45) is 0 Å². The normalized spacial score (nSPS) is 14.1. The number of ether oxygens (including phenoxy) is 5. The molecule has 0 fully saturated rings. The van der Waals surface area contributed by atoms with Gasteiger partial charge in [-0.3, -0.25) is 0 Å². The van der Waals surface area contributed by atoms with Crippen molar-refractivity contribution in [3.05, 3.63) is 0 Å². The minimum Gasteiger partial charge on any atom is -0.432 e. The molecule has 0 aromatic heterocycles. The van der Waals surface area contributed by atoms with Crippen LogP contribution >= 0.6 is 0 Å². The minimum absolute atomic E-state index is 0.155. The number of hydrogen-bond acceptors (Lipinski definition) is 6. The topological polar surface area (TPSA) is 63.2 Å². The molecule has 0 aliphatic rings. The zero-order valence-corrected chi connectivity index (χ0v) is 10.9. The molecule has 0 saturated heterocycles. The first-order valence-corrected chi connectivity index (χ1v) is 5.53. The maximum Gasteiger partial charge on any atom is 0.508 e. The molecule has 6 heteroatoms. The van der Waals surface area contributed by atoms with Crippen molar-refractivity contribution in [3.8, 4) is 0 Å². The molecule has 0 saturated carbocycles. The first kappa shape index (κ1) is 16.1. The highest BCUT2D eigenvalue weighted by molar-refractivity contribution is 5.60. The van der Waals surface area contributed by atoms with Crippen LogP contribution in [0.1, 0.15) is 13.8 Å². The molecule has 0 amide bonds. The Morgan fingerprint density at radius 2 is 1.71 bits per heavy atom. The summed E-state index contributed by atoms with van der Waals surface area (Å²) >= 11 is 0. The van der Waals surface area contributed by atoms with Crippen LogP contribution < -0.4 is 0 Å². The largest absolute Gasteiger partial charge is 0.508 e. The van der Waals surface area contributed by atoms with Crippen molar-refractivity contribution < 1.29 is 28.5 Å². The fourth-order valence-corrected chi connectivity index (χ4v) is 1.03. The van der Waals surface area contributed by atoms with Gasteiger partial charge in [-0.1, -0.05) is 0 Å². The van der Waals surface area contributed by atoms with Gasteiger partial charge in [0.15, 0.2) is 0 Å². The molecule has 0 heterocycles. The van der Waals surface area contributed by atoms with Crippen LogP contribution in [-0.2, 0) is 23.7 Å². The maximum atomic E-state index is 11.2.